The summed E-state index contributed by atoms with van der Waals surface area (Å²) in [7, 11) is 0. The Labute approximate surface area is 213 Å². The SMILES string of the molecule is Fc1cc(-c2c(F)cc(OC(F)(F)C3CN(C(c4ccccc4)c4ccccc4)C3)cc2F)cc(F)c1F. The highest BCUT2D eigenvalue weighted by Gasteiger charge is 2.51. The number of ether oxygens (including phenoxy) is 1. The molecule has 0 N–H and O–H groups in total. The maximum absolute atomic E-state index is 15.0. The van der Waals surface area contributed by atoms with Gasteiger partial charge in [-0.25, -0.2) is 22.0 Å². The summed E-state index contributed by atoms with van der Waals surface area (Å²) in [5, 5.41) is 0. The number of rotatable bonds is 7. The Morgan fingerprint density at radius 2 is 1.16 bits per heavy atom. The normalized spacial score (nSPS) is 14.5. The third-order valence-corrected chi connectivity index (χ3v) is 6.52. The van der Waals surface area contributed by atoms with E-state index in [1.807, 2.05) is 65.6 Å². The fraction of sp³-hybridized carbons (Fsp3) is 0.172. The van der Waals surface area contributed by atoms with Crippen LogP contribution in [0.25, 0.3) is 11.1 Å². The van der Waals surface area contributed by atoms with Gasteiger partial charge in [-0.1, -0.05) is 60.7 Å². The fourth-order valence-electron chi connectivity index (χ4n) is 4.65. The average Bonchev–Trinajstić information content (AvgIpc) is 2.84. The highest BCUT2D eigenvalue weighted by Crippen LogP contribution is 2.42. The van der Waals surface area contributed by atoms with Crippen LogP contribution < -0.4 is 4.74 Å². The molecule has 1 aliphatic heterocycles. The predicted octanol–water partition coefficient (Wildman–Crippen LogP) is 7.74. The second-order valence-electron chi connectivity index (χ2n) is 9.05. The van der Waals surface area contributed by atoms with Crippen LogP contribution in [-0.2, 0) is 0 Å². The largest absolute Gasteiger partial charge is 0.432 e. The van der Waals surface area contributed by atoms with Crippen molar-refractivity contribution in [2.75, 3.05) is 13.1 Å². The first-order valence-electron chi connectivity index (χ1n) is 11.7. The third kappa shape index (κ3) is 4.98. The molecule has 0 spiro atoms. The number of hydrogen-bond acceptors (Lipinski definition) is 2. The molecule has 0 amide bonds. The smallest absolute Gasteiger partial charge is 0.403 e. The molecule has 1 fully saturated rings. The van der Waals surface area contributed by atoms with Gasteiger partial charge in [0.05, 0.1) is 17.5 Å². The van der Waals surface area contributed by atoms with E-state index in [0.717, 1.165) is 11.1 Å². The van der Waals surface area contributed by atoms with Crippen molar-refractivity contribution in [3.05, 3.63) is 125 Å². The van der Waals surface area contributed by atoms with Crippen molar-refractivity contribution in [1.82, 2.24) is 4.90 Å². The van der Waals surface area contributed by atoms with E-state index in [4.69, 9.17) is 4.74 Å². The molecule has 1 saturated heterocycles. The molecular weight excluding hydrogens is 511 g/mol. The molecule has 0 unspecified atom stereocenters. The fourth-order valence-corrected chi connectivity index (χ4v) is 4.65. The number of halogens is 7. The van der Waals surface area contributed by atoms with E-state index >= 15 is 0 Å². The molecule has 2 nitrogen and oxygen atoms in total. The van der Waals surface area contributed by atoms with E-state index in [0.29, 0.717) is 24.3 Å². The van der Waals surface area contributed by atoms with Crippen molar-refractivity contribution in [3.63, 3.8) is 0 Å². The molecule has 1 aliphatic rings. The van der Waals surface area contributed by atoms with E-state index < -0.39 is 58.0 Å². The van der Waals surface area contributed by atoms with Crippen molar-refractivity contribution in [1.29, 1.82) is 0 Å². The van der Waals surface area contributed by atoms with E-state index in [2.05, 4.69) is 0 Å². The van der Waals surface area contributed by atoms with Crippen LogP contribution in [0.5, 0.6) is 5.75 Å². The zero-order chi connectivity index (χ0) is 27.0. The van der Waals surface area contributed by atoms with Gasteiger partial charge in [0, 0.05) is 25.2 Å². The van der Waals surface area contributed by atoms with E-state index in [9.17, 15) is 30.7 Å². The molecule has 1 heterocycles. The number of alkyl halides is 2. The zero-order valence-corrected chi connectivity index (χ0v) is 19.7. The van der Waals surface area contributed by atoms with Crippen LogP contribution >= 0.6 is 0 Å². The topological polar surface area (TPSA) is 12.5 Å². The van der Waals surface area contributed by atoms with Gasteiger partial charge in [-0.15, -0.1) is 0 Å². The quantitative estimate of drug-likeness (QED) is 0.179. The lowest BCUT2D eigenvalue weighted by molar-refractivity contribution is -0.246. The van der Waals surface area contributed by atoms with Crippen LogP contribution in [0.3, 0.4) is 0 Å². The molecule has 38 heavy (non-hydrogen) atoms. The Morgan fingerprint density at radius 3 is 1.63 bits per heavy atom. The van der Waals surface area contributed by atoms with Crippen LogP contribution in [0.15, 0.2) is 84.9 Å². The Kier molecular flexibility index (Phi) is 6.88. The van der Waals surface area contributed by atoms with Crippen LogP contribution in [0, 0.1) is 35.0 Å². The standard InChI is InChI=1S/C29H20F7NO/c30-22-13-21(14-23(31)26(22)19-11-24(32)27(34)25(33)12-19)38-29(35,36)20-15-37(16-20)28(17-7-3-1-4-8-17)18-9-5-2-6-10-18/h1-14,20,28H,15-16H2. The van der Waals surface area contributed by atoms with Crippen LogP contribution in [0.4, 0.5) is 30.7 Å². The van der Waals surface area contributed by atoms with Gasteiger partial charge in [0.2, 0.25) is 0 Å². The second kappa shape index (κ2) is 10.1. The first-order valence-corrected chi connectivity index (χ1v) is 11.7. The first kappa shape index (κ1) is 25.8. The maximum Gasteiger partial charge on any atom is 0.403 e. The number of nitrogens with zero attached hydrogens (tertiary/aromatic N) is 1. The molecule has 0 saturated carbocycles. The molecule has 0 aliphatic carbocycles. The molecule has 0 atom stereocenters. The molecule has 4 aromatic rings. The summed E-state index contributed by atoms with van der Waals surface area (Å²) >= 11 is 0. The molecule has 9 heteroatoms. The third-order valence-electron chi connectivity index (χ3n) is 6.52. The van der Waals surface area contributed by atoms with E-state index in [1.54, 1.807) is 0 Å². The van der Waals surface area contributed by atoms with Gasteiger partial charge in [-0.3, -0.25) is 4.90 Å². The Morgan fingerprint density at radius 1 is 0.684 bits per heavy atom. The lowest BCUT2D eigenvalue weighted by atomic mass is 9.89. The van der Waals surface area contributed by atoms with Crippen molar-refractivity contribution >= 4 is 0 Å². The monoisotopic (exact) mass is 531 g/mol. The van der Waals surface area contributed by atoms with E-state index in [1.165, 1.54) is 0 Å². The van der Waals surface area contributed by atoms with Gasteiger partial charge in [0.25, 0.3) is 0 Å². The van der Waals surface area contributed by atoms with Gasteiger partial charge in [0.1, 0.15) is 17.4 Å². The maximum atomic E-state index is 15.0. The van der Waals surface area contributed by atoms with Crippen LogP contribution in [0.1, 0.15) is 17.2 Å². The lowest BCUT2D eigenvalue weighted by Gasteiger charge is -2.46. The van der Waals surface area contributed by atoms with Gasteiger partial charge in [0.15, 0.2) is 17.5 Å². The average molecular weight is 531 g/mol. The molecule has 0 aromatic heterocycles. The molecule has 196 valence electrons. The molecule has 0 radical (unpaired) electrons. The van der Waals surface area contributed by atoms with Crippen molar-refractivity contribution in [3.8, 4) is 16.9 Å². The molecular formula is C29H20F7NO. The first-order chi connectivity index (χ1) is 18.1. The summed E-state index contributed by atoms with van der Waals surface area (Å²) in [5.41, 5.74) is 0.323. The van der Waals surface area contributed by atoms with E-state index in [-0.39, 0.29) is 19.1 Å². The van der Waals surface area contributed by atoms with Gasteiger partial charge in [-0.05, 0) is 28.8 Å². The summed E-state index contributed by atoms with van der Waals surface area (Å²) < 4.78 is 104. The minimum absolute atomic E-state index is 0.0430. The predicted molar refractivity (Wildman–Crippen MR) is 127 cm³/mol. The van der Waals surface area contributed by atoms with Crippen LogP contribution in [0.2, 0.25) is 0 Å². The summed E-state index contributed by atoms with van der Waals surface area (Å²) in [6, 6.07) is 20.4. The summed E-state index contributed by atoms with van der Waals surface area (Å²) in [6.07, 6.45) is -3.76. The van der Waals surface area contributed by atoms with Gasteiger partial charge in [-0.2, -0.15) is 8.78 Å². The number of benzene rings is 4. The lowest BCUT2D eigenvalue weighted by Crippen LogP contribution is -2.57. The summed E-state index contributed by atoms with van der Waals surface area (Å²) in [4.78, 5) is 1.86. The Balaban J connectivity index is 1.33. The zero-order valence-electron chi connectivity index (χ0n) is 19.7. The van der Waals surface area contributed by atoms with Crippen LogP contribution in [-0.4, -0.2) is 24.1 Å². The van der Waals surface area contributed by atoms with Crippen molar-refractivity contribution in [2.45, 2.75) is 12.2 Å². The van der Waals surface area contributed by atoms with Crippen molar-refractivity contribution < 1.29 is 35.5 Å². The minimum atomic E-state index is -3.76. The highest BCUT2D eigenvalue weighted by atomic mass is 19.3. The minimum Gasteiger partial charge on any atom is -0.432 e. The van der Waals surface area contributed by atoms with Gasteiger partial charge >= 0.3 is 6.11 Å². The summed E-state index contributed by atoms with van der Waals surface area (Å²) in [5.74, 6) is -9.95. The Bertz CT molecular complexity index is 1350. The molecule has 4 aromatic carbocycles. The number of hydrogen-bond donors (Lipinski definition) is 0. The molecule has 5 rings (SSSR count). The summed E-state index contributed by atoms with van der Waals surface area (Å²) in [6.45, 7) is -0.0860. The molecule has 0 bridgehead atoms. The van der Waals surface area contributed by atoms with Gasteiger partial charge < -0.3 is 4.74 Å². The highest BCUT2D eigenvalue weighted by molar-refractivity contribution is 5.66. The number of likely N-dealkylation sites (tertiary alicyclic amines) is 1. The Hall–Kier alpha value is -3.85. The van der Waals surface area contributed by atoms with Crippen molar-refractivity contribution in [2.24, 2.45) is 5.92 Å². The second-order valence-corrected chi connectivity index (χ2v) is 9.05.